The number of carbonyl (C=O) groups excluding carboxylic acids is 2. The second kappa shape index (κ2) is 9.21. The molecule has 0 aliphatic rings. The van der Waals surface area contributed by atoms with E-state index < -0.39 is 5.41 Å². The summed E-state index contributed by atoms with van der Waals surface area (Å²) in [5, 5.41) is 10.4. The third-order valence-corrected chi connectivity index (χ3v) is 7.44. The molecule has 6 heterocycles. The molecule has 0 aliphatic heterocycles. The number of amides is 1. The molecule has 6 aromatic heterocycles. The predicted octanol–water partition coefficient (Wildman–Crippen LogP) is 5.87. The highest BCUT2D eigenvalue weighted by Gasteiger charge is 2.22. The molecule has 194 valence electrons. The van der Waals surface area contributed by atoms with Crippen LogP contribution in [0.25, 0.3) is 55.3 Å². The lowest BCUT2D eigenvalue weighted by Crippen LogP contribution is -2.27. The number of anilines is 1. The van der Waals surface area contributed by atoms with E-state index in [-0.39, 0.29) is 11.7 Å². The molecule has 0 spiro atoms. The Hall–Kier alpha value is -4.77. The van der Waals surface area contributed by atoms with Gasteiger partial charge in [0.1, 0.15) is 11.0 Å². The number of imidazole rings is 1. The number of pyridine rings is 3. The van der Waals surface area contributed by atoms with Crippen molar-refractivity contribution in [1.29, 1.82) is 0 Å². The van der Waals surface area contributed by atoms with Gasteiger partial charge in [-0.3, -0.25) is 24.7 Å². The summed E-state index contributed by atoms with van der Waals surface area (Å²) in [6.07, 6.45) is 6.78. The van der Waals surface area contributed by atoms with Gasteiger partial charge in [0.15, 0.2) is 17.3 Å². The number of ketones is 1. The summed E-state index contributed by atoms with van der Waals surface area (Å²) in [5.41, 5.74) is 5.78. The van der Waals surface area contributed by atoms with Crippen molar-refractivity contribution in [3.05, 3.63) is 60.0 Å². The number of fused-ring (bicyclic) bond motifs is 2. The van der Waals surface area contributed by atoms with E-state index in [0.29, 0.717) is 33.3 Å². The second-order valence-electron chi connectivity index (χ2n) is 10.2. The lowest BCUT2D eigenvalue weighted by atomic mass is 9.95. The van der Waals surface area contributed by atoms with E-state index >= 15 is 0 Å². The lowest BCUT2D eigenvalue weighted by molar-refractivity contribution is -0.123. The monoisotopic (exact) mass is 536 g/mol. The molecular formula is C28H24N8O2S. The molecule has 0 atom stereocenters. The Morgan fingerprint density at radius 1 is 0.923 bits per heavy atom. The highest BCUT2D eigenvalue weighted by molar-refractivity contribution is 7.17. The zero-order chi connectivity index (χ0) is 27.3. The van der Waals surface area contributed by atoms with Crippen LogP contribution < -0.4 is 5.32 Å². The topological polar surface area (TPSA) is 142 Å². The number of H-pyrrole nitrogens is 2. The van der Waals surface area contributed by atoms with Crippen LogP contribution in [0.2, 0.25) is 0 Å². The zero-order valence-corrected chi connectivity index (χ0v) is 22.5. The van der Waals surface area contributed by atoms with Crippen molar-refractivity contribution < 1.29 is 9.59 Å². The van der Waals surface area contributed by atoms with Crippen molar-refractivity contribution in [1.82, 2.24) is 35.1 Å². The van der Waals surface area contributed by atoms with E-state index in [1.165, 1.54) is 11.3 Å². The summed E-state index contributed by atoms with van der Waals surface area (Å²) in [6, 6.07) is 9.36. The van der Waals surface area contributed by atoms with Gasteiger partial charge < -0.3 is 10.3 Å². The molecule has 11 heteroatoms. The van der Waals surface area contributed by atoms with Crippen LogP contribution in [0.3, 0.4) is 0 Å². The summed E-state index contributed by atoms with van der Waals surface area (Å²) >= 11 is 1.41. The average Bonchev–Trinajstić information content (AvgIpc) is 3.65. The minimum Gasteiger partial charge on any atom is -0.335 e. The summed E-state index contributed by atoms with van der Waals surface area (Å²) in [7, 11) is 0. The van der Waals surface area contributed by atoms with E-state index in [9.17, 15) is 9.59 Å². The predicted molar refractivity (Wildman–Crippen MR) is 151 cm³/mol. The molecule has 6 rings (SSSR count). The van der Waals surface area contributed by atoms with Gasteiger partial charge in [-0.05, 0) is 37.3 Å². The Labute approximate surface area is 227 Å². The molecule has 0 bridgehead atoms. The highest BCUT2D eigenvalue weighted by atomic mass is 32.1. The van der Waals surface area contributed by atoms with E-state index in [1.54, 1.807) is 31.7 Å². The third-order valence-electron chi connectivity index (χ3n) is 6.22. The van der Waals surface area contributed by atoms with Gasteiger partial charge in [-0.15, -0.1) is 11.3 Å². The number of aromatic nitrogens is 7. The van der Waals surface area contributed by atoms with Crippen LogP contribution in [0.1, 0.15) is 37.4 Å². The van der Waals surface area contributed by atoms with Crippen molar-refractivity contribution >= 4 is 50.8 Å². The quantitative estimate of drug-likeness (QED) is 0.234. The molecule has 6 aromatic rings. The zero-order valence-electron chi connectivity index (χ0n) is 21.7. The Balaban J connectivity index is 1.39. The van der Waals surface area contributed by atoms with Crippen LogP contribution in [0, 0.1) is 5.41 Å². The maximum absolute atomic E-state index is 12.4. The van der Waals surface area contributed by atoms with Crippen LogP contribution in [0.5, 0.6) is 0 Å². The first-order valence-electron chi connectivity index (χ1n) is 12.2. The Kier molecular flexibility index (Phi) is 5.80. The van der Waals surface area contributed by atoms with E-state index in [1.807, 2.05) is 51.1 Å². The van der Waals surface area contributed by atoms with Gasteiger partial charge in [0, 0.05) is 33.8 Å². The van der Waals surface area contributed by atoms with Crippen LogP contribution in [0.4, 0.5) is 5.69 Å². The standard InChI is InChI=1S/C28H24N8O2S/c1-14(37)21-7-8-22(39-21)17-12-30-13-20-23(17)34-26(33-20)25-24-19(35-36-25)6-5-18(32-24)15-9-16(11-29-10-15)31-27(38)28(2,3)4/h5-13H,1-4H3,(H,31,38)(H,33,34)(H,35,36). The maximum Gasteiger partial charge on any atom is 0.229 e. The Morgan fingerprint density at radius 2 is 1.74 bits per heavy atom. The lowest BCUT2D eigenvalue weighted by Gasteiger charge is -2.17. The smallest absolute Gasteiger partial charge is 0.229 e. The fourth-order valence-corrected chi connectivity index (χ4v) is 5.00. The average molecular weight is 537 g/mol. The minimum absolute atomic E-state index is 0.0243. The first kappa shape index (κ1) is 24.6. The van der Waals surface area contributed by atoms with Crippen LogP contribution >= 0.6 is 11.3 Å². The molecule has 0 saturated carbocycles. The van der Waals surface area contributed by atoms with Gasteiger partial charge in [-0.25, -0.2) is 9.97 Å². The molecule has 0 fully saturated rings. The van der Waals surface area contributed by atoms with Gasteiger partial charge in [0.2, 0.25) is 5.91 Å². The van der Waals surface area contributed by atoms with Gasteiger partial charge in [-0.2, -0.15) is 5.10 Å². The van der Waals surface area contributed by atoms with Crippen molar-refractivity contribution in [2.45, 2.75) is 27.7 Å². The van der Waals surface area contributed by atoms with Gasteiger partial charge in [-0.1, -0.05) is 20.8 Å². The Morgan fingerprint density at radius 3 is 2.51 bits per heavy atom. The van der Waals surface area contributed by atoms with Crippen LogP contribution in [-0.4, -0.2) is 46.8 Å². The molecule has 0 unspecified atom stereocenters. The number of hydrogen-bond acceptors (Lipinski definition) is 8. The summed E-state index contributed by atoms with van der Waals surface area (Å²) in [5.74, 6) is 0.472. The van der Waals surface area contributed by atoms with Crippen LogP contribution in [0.15, 0.2) is 55.1 Å². The molecule has 0 saturated heterocycles. The maximum atomic E-state index is 12.4. The van der Waals surface area contributed by atoms with E-state index in [2.05, 4.69) is 30.5 Å². The summed E-state index contributed by atoms with van der Waals surface area (Å²) < 4.78 is 0. The van der Waals surface area contributed by atoms with Crippen molar-refractivity contribution in [2.24, 2.45) is 5.41 Å². The van der Waals surface area contributed by atoms with Crippen molar-refractivity contribution in [3.63, 3.8) is 0 Å². The molecule has 0 aromatic carbocycles. The van der Waals surface area contributed by atoms with Crippen molar-refractivity contribution in [2.75, 3.05) is 5.32 Å². The van der Waals surface area contributed by atoms with E-state index in [4.69, 9.17) is 9.97 Å². The number of aromatic amines is 2. The third kappa shape index (κ3) is 4.57. The number of Topliss-reactive ketones (excluding diaryl/α,β-unsaturated/α-hetero) is 1. The van der Waals surface area contributed by atoms with Gasteiger partial charge in [0.05, 0.1) is 39.7 Å². The highest BCUT2D eigenvalue weighted by Crippen LogP contribution is 2.34. The molecule has 39 heavy (non-hydrogen) atoms. The first-order chi connectivity index (χ1) is 18.7. The number of nitrogens with zero attached hydrogens (tertiary/aromatic N) is 5. The molecular weight excluding hydrogens is 512 g/mol. The second-order valence-corrected chi connectivity index (χ2v) is 11.3. The Bertz CT molecular complexity index is 1890. The first-order valence-corrected chi connectivity index (χ1v) is 13.1. The number of rotatable bonds is 5. The van der Waals surface area contributed by atoms with Crippen LogP contribution in [-0.2, 0) is 4.79 Å². The number of thiophene rings is 1. The largest absolute Gasteiger partial charge is 0.335 e. The number of carbonyl (C=O) groups is 2. The molecule has 10 nitrogen and oxygen atoms in total. The molecule has 3 N–H and O–H groups in total. The van der Waals surface area contributed by atoms with E-state index in [0.717, 1.165) is 32.6 Å². The van der Waals surface area contributed by atoms with Gasteiger partial charge in [0.25, 0.3) is 0 Å². The summed E-state index contributed by atoms with van der Waals surface area (Å²) in [6.45, 7) is 7.13. The molecule has 0 radical (unpaired) electrons. The molecule has 0 aliphatic carbocycles. The number of hydrogen-bond donors (Lipinski definition) is 3. The van der Waals surface area contributed by atoms with Gasteiger partial charge >= 0.3 is 0 Å². The summed E-state index contributed by atoms with van der Waals surface area (Å²) in [4.78, 5) is 47.6. The van der Waals surface area contributed by atoms with Crippen molar-refractivity contribution in [3.8, 4) is 33.2 Å². The normalized spacial score (nSPS) is 11.8. The molecule has 1 amide bonds. The fraction of sp³-hybridized carbons (Fsp3) is 0.179. The fourth-order valence-electron chi connectivity index (χ4n) is 4.09. The minimum atomic E-state index is -0.528. The SMILES string of the molecule is CC(=O)c1ccc(-c2cncc3[nH]c(-c4n[nH]c5ccc(-c6cncc(NC(=O)C(C)(C)C)c6)nc45)nc23)s1. The number of nitrogens with one attached hydrogen (secondary N) is 3.